The van der Waals surface area contributed by atoms with Crippen molar-refractivity contribution in [3.05, 3.63) is 47.5 Å². The molecule has 7 nitrogen and oxygen atoms in total. The van der Waals surface area contributed by atoms with E-state index < -0.39 is 0 Å². The highest BCUT2D eigenvalue weighted by molar-refractivity contribution is 5.73. The molecule has 0 saturated carbocycles. The van der Waals surface area contributed by atoms with Gasteiger partial charge in [-0.25, -0.2) is 14.8 Å². The van der Waals surface area contributed by atoms with Crippen molar-refractivity contribution in [1.82, 2.24) is 20.6 Å². The molecule has 0 bridgehead atoms. The van der Waals surface area contributed by atoms with Gasteiger partial charge in [-0.1, -0.05) is 6.07 Å². The summed E-state index contributed by atoms with van der Waals surface area (Å²) < 4.78 is 10.4. The van der Waals surface area contributed by atoms with Crippen LogP contribution in [0.5, 0.6) is 11.5 Å². The summed E-state index contributed by atoms with van der Waals surface area (Å²) in [4.78, 5) is 20.1. The summed E-state index contributed by atoms with van der Waals surface area (Å²) in [7, 11) is 3.16. The van der Waals surface area contributed by atoms with Crippen molar-refractivity contribution in [2.24, 2.45) is 0 Å². The van der Waals surface area contributed by atoms with Crippen LogP contribution in [0.25, 0.3) is 0 Å². The third kappa shape index (κ3) is 4.84. The molecule has 0 aliphatic rings. The van der Waals surface area contributed by atoms with Crippen LogP contribution in [0.2, 0.25) is 0 Å². The number of amides is 2. The lowest BCUT2D eigenvalue weighted by Crippen LogP contribution is -2.34. The maximum atomic E-state index is 11.8. The summed E-state index contributed by atoms with van der Waals surface area (Å²) in [5.41, 5.74) is 1.68. The number of methoxy groups -OCH3 is 2. The van der Waals surface area contributed by atoms with E-state index in [0.29, 0.717) is 30.4 Å². The number of rotatable bonds is 6. The quantitative estimate of drug-likeness (QED) is 0.849. The molecule has 2 rings (SSSR count). The normalized spacial score (nSPS) is 10.0. The number of benzene rings is 1. The molecular formula is C16H20N4O3. The van der Waals surface area contributed by atoms with Gasteiger partial charge >= 0.3 is 6.03 Å². The molecule has 0 fully saturated rings. The number of ether oxygens (including phenoxy) is 2. The number of aryl methyl sites for hydroxylation is 1. The zero-order chi connectivity index (χ0) is 16.7. The van der Waals surface area contributed by atoms with Crippen LogP contribution in [-0.4, -0.2) is 30.2 Å². The number of carbonyl (C=O) groups is 1. The molecular weight excluding hydrogens is 296 g/mol. The Balaban J connectivity index is 1.84. The van der Waals surface area contributed by atoms with Crippen LogP contribution in [0.4, 0.5) is 4.79 Å². The molecule has 1 aromatic carbocycles. The van der Waals surface area contributed by atoms with Gasteiger partial charge in [-0.2, -0.15) is 0 Å². The van der Waals surface area contributed by atoms with E-state index in [0.717, 1.165) is 11.3 Å². The molecule has 23 heavy (non-hydrogen) atoms. The zero-order valence-electron chi connectivity index (χ0n) is 13.4. The highest BCUT2D eigenvalue weighted by Crippen LogP contribution is 2.27. The Morgan fingerprint density at radius 3 is 2.52 bits per heavy atom. The van der Waals surface area contributed by atoms with Crippen molar-refractivity contribution in [2.45, 2.75) is 20.0 Å². The first-order valence-corrected chi connectivity index (χ1v) is 7.13. The Kier molecular flexibility index (Phi) is 5.74. The lowest BCUT2D eigenvalue weighted by atomic mass is 10.2. The number of hydrogen-bond donors (Lipinski definition) is 2. The minimum Gasteiger partial charge on any atom is -0.493 e. The van der Waals surface area contributed by atoms with Crippen LogP contribution in [0.15, 0.2) is 30.5 Å². The van der Waals surface area contributed by atoms with Crippen molar-refractivity contribution >= 4 is 6.03 Å². The lowest BCUT2D eigenvalue weighted by Gasteiger charge is -2.11. The van der Waals surface area contributed by atoms with Gasteiger partial charge in [-0.3, -0.25) is 0 Å². The standard InChI is InChI=1S/C16H20N4O3/c1-11-17-7-6-13(20-11)10-19-16(21)18-9-12-4-5-14(22-2)15(8-12)23-3/h4-8H,9-10H2,1-3H3,(H2,18,19,21). The molecule has 0 spiro atoms. The fourth-order valence-electron chi connectivity index (χ4n) is 2.01. The molecule has 0 unspecified atom stereocenters. The number of hydrogen-bond acceptors (Lipinski definition) is 5. The van der Waals surface area contributed by atoms with Crippen LogP contribution < -0.4 is 20.1 Å². The van der Waals surface area contributed by atoms with Gasteiger partial charge in [0.1, 0.15) is 5.82 Å². The van der Waals surface area contributed by atoms with Crippen molar-refractivity contribution in [2.75, 3.05) is 14.2 Å². The predicted molar refractivity (Wildman–Crippen MR) is 85.4 cm³/mol. The minimum absolute atomic E-state index is 0.268. The van der Waals surface area contributed by atoms with E-state index in [1.165, 1.54) is 0 Å². The van der Waals surface area contributed by atoms with Gasteiger partial charge in [0, 0.05) is 12.7 Å². The SMILES string of the molecule is COc1ccc(CNC(=O)NCc2ccnc(C)n2)cc1OC. The average molecular weight is 316 g/mol. The average Bonchev–Trinajstić information content (AvgIpc) is 2.57. The van der Waals surface area contributed by atoms with E-state index in [-0.39, 0.29) is 6.03 Å². The van der Waals surface area contributed by atoms with Gasteiger partial charge < -0.3 is 20.1 Å². The number of urea groups is 1. The van der Waals surface area contributed by atoms with E-state index in [4.69, 9.17) is 9.47 Å². The Bertz CT molecular complexity index is 676. The maximum Gasteiger partial charge on any atom is 0.315 e. The summed E-state index contributed by atoms with van der Waals surface area (Å²) in [5.74, 6) is 1.96. The van der Waals surface area contributed by atoms with E-state index in [1.807, 2.05) is 12.1 Å². The molecule has 122 valence electrons. The molecule has 0 radical (unpaired) electrons. The molecule has 2 N–H and O–H groups in total. The topological polar surface area (TPSA) is 85.4 Å². The monoisotopic (exact) mass is 316 g/mol. The van der Waals surface area contributed by atoms with Crippen molar-refractivity contribution in [3.63, 3.8) is 0 Å². The number of nitrogens with zero attached hydrogens (tertiary/aromatic N) is 2. The molecule has 2 aromatic rings. The molecule has 1 aromatic heterocycles. The summed E-state index contributed by atoms with van der Waals surface area (Å²) in [6, 6.07) is 7.00. The lowest BCUT2D eigenvalue weighted by molar-refractivity contribution is 0.240. The second-order valence-electron chi connectivity index (χ2n) is 4.82. The summed E-state index contributed by atoms with van der Waals surface area (Å²) in [6.07, 6.45) is 1.67. The second kappa shape index (κ2) is 7.98. The highest BCUT2D eigenvalue weighted by atomic mass is 16.5. The summed E-state index contributed by atoms with van der Waals surface area (Å²) in [5, 5.41) is 5.53. The van der Waals surface area contributed by atoms with Crippen LogP contribution >= 0.6 is 0 Å². The molecule has 0 aliphatic heterocycles. The van der Waals surface area contributed by atoms with Gasteiger partial charge in [-0.05, 0) is 30.7 Å². The van der Waals surface area contributed by atoms with E-state index >= 15 is 0 Å². The Labute approximate surface area is 135 Å². The first-order valence-electron chi connectivity index (χ1n) is 7.13. The number of aromatic nitrogens is 2. The van der Waals surface area contributed by atoms with E-state index in [9.17, 15) is 4.79 Å². The predicted octanol–water partition coefficient (Wildman–Crippen LogP) is 1.80. The van der Waals surface area contributed by atoms with Crippen molar-refractivity contribution < 1.29 is 14.3 Å². The number of nitrogens with one attached hydrogen (secondary N) is 2. The second-order valence-corrected chi connectivity index (χ2v) is 4.82. The fraction of sp³-hybridized carbons (Fsp3) is 0.312. The van der Waals surface area contributed by atoms with E-state index in [2.05, 4.69) is 20.6 Å². The molecule has 7 heteroatoms. The van der Waals surface area contributed by atoms with Crippen molar-refractivity contribution in [3.8, 4) is 11.5 Å². The van der Waals surface area contributed by atoms with Crippen LogP contribution in [0.1, 0.15) is 17.1 Å². The third-order valence-electron chi connectivity index (χ3n) is 3.16. The fourth-order valence-corrected chi connectivity index (χ4v) is 2.01. The summed E-state index contributed by atoms with van der Waals surface area (Å²) >= 11 is 0. The maximum absolute atomic E-state index is 11.8. The molecule has 0 aliphatic carbocycles. The molecule has 0 atom stereocenters. The van der Waals surface area contributed by atoms with Gasteiger partial charge in [-0.15, -0.1) is 0 Å². The van der Waals surface area contributed by atoms with Gasteiger partial charge in [0.15, 0.2) is 11.5 Å². The Morgan fingerprint density at radius 2 is 1.83 bits per heavy atom. The summed E-state index contributed by atoms with van der Waals surface area (Å²) in [6.45, 7) is 2.54. The Morgan fingerprint density at radius 1 is 1.09 bits per heavy atom. The largest absolute Gasteiger partial charge is 0.493 e. The smallest absolute Gasteiger partial charge is 0.315 e. The first-order chi connectivity index (χ1) is 11.1. The van der Waals surface area contributed by atoms with Crippen molar-refractivity contribution in [1.29, 1.82) is 0 Å². The van der Waals surface area contributed by atoms with Gasteiger partial charge in [0.05, 0.1) is 26.5 Å². The first kappa shape index (κ1) is 16.5. The highest BCUT2D eigenvalue weighted by Gasteiger charge is 2.06. The third-order valence-corrected chi connectivity index (χ3v) is 3.16. The Hall–Kier alpha value is -2.83. The van der Waals surface area contributed by atoms with Gasteiger partial charge in [0.2, 0.25) is 0 Å². The molecule has 1 heterocycles. The minimum atomic E-state index is -0.268. The van der Waals surface area contributed by atoms with Crippen LogP contribution in [0.3, 0.4) is 0 Å². The van der Waals surface area contributed by atoms with E-state index in [1.54, 1.807) is 39.5 Å². The van der Waals surface area contributed by atoms with Crippen LogP contribution in [0, 0.1) is 6.92 Å². The van der Waals surface area contributed by atoms with Crippen LogP contribution in [-0.2, 0) is 13.1 Å². The zero-order valence-corrected chi connectivity index (χ0v) is 13.4. The molecule has 2 amide bonds. The molecule has 0 saturated heterocycles. The van der Waals surface area contributed by atoms with Gasteiger partial charge in [0.25, 0.3) is 0 Å². The number of carbonyl (C=O) groups excluding carboxylic acids is 1.